The first kappa shape index (κ1) is 20.9. The number of pyridine rings is 2. The Morgan fingerprint density at radius 2 is 1.05 bits per heavy atom. The predicted molar refractivity (Wildman–Crippen MR) is 156 cm³/mol. The molecule has 38 heavy (non-hydrogen) atoms. The van der Waals surface area contributed by atoms with Crippen molar-refractivity contribution in [1.29, 1.82) is 0 Å². The van der Waals surface area contributed by atoms with Crippen LogP contribution in [0.4, 0.5) is 0 Å². The predicted octanol–water partition coefficient (Wildman–Crippen LogP) is 8.34. The Morgan fingerprint density at radius 1 is 0.447 bits per heavy atom. The third-order valence-electron chi connectivity index (χ3n) is 7.45. The summed E-state index contributed by atoms with van der Waals surface area (Å²) < 4.78 is 4.56. The highest BCUT2D eigenvalue weighted by Gasteiger charge is 2.16. The Morgan fingerprint density at radius 3 is 1.76 bits per heavy atom. The molecule has 4 aromatic heterocycles. The molecule has 4 heterocycles. The molecule has 0 aliphatic heterocycles. The van der Waals surface area contributed by atoms with Gasteiger partial charge in [-0.15, -0.1) is 0 Å². The maximum atomic E-state index is 4.76. The van der Waals surface area contributed by atoms with Gasteiger partial charge < -0.3 is 4.57 Å². The fourth-order valence-corrected chi connectivity index (χ4v) is 5.77. The van der Waals surface area contributed by atoms with Crippen LogP contribution in [-0.2, 0) is 0 Å². The summed E-state index contributed by atoms with van der Waals surface area (Å²) in [6.45, 7) is 0. The number of hydrogen-bond donors (Lipinski definition) is 0. The average molecular weight is 487 g/mol. The van der Waals surface area contributed by atoms with Gasteiger partial charge in [0.15, 0.2) is 0 Å². The van der Waals surface area contributed by atoms with Crippen molar-refractivity contribution in [3.05, 3.63) is 134 Å². The number of benzene rings is 4. The van der Waals surface area contributed by atoms with Gasteiger partial charge in [0.25, 0.3) is 0 Å². The maximum Gasteiger partial charge on any atom is 0.145 e. The molecule has 0 unspecified atom stereocenters. The second-order valence-electron chi connectivity index (χ2n) is 9.57. The van der Waals surface area contributed by atoms with Crippen LogP contribution in [0.2, 0.25) is 0 Å². The van der Waals surface area contributed by atoms with E-state index in [1.54, 1.807) is 0 Å². The van der Waals surface area contributed by atoms with Crippen molar-refractivity contribution in [3.63, 3.8) is 0 Å². The standard InChI is InChI=1S/C34H22N4/c1-3-8-25(9-4-1)37-31-15-13-24(21-29(31)30-22-35-19-17-33(30)37)23-14-16-32-28(20-23)27-12-7-18-36-34(27)38(32)26-10-5-2-6-11-26/h1-22H. The van der Waals surface area contributed by atoms with Gasteiger partial charge in [-0.05, 0) is 77.9 Å². The first-order valence-corrected chi connectivity index (χ1v) is 12.8. The van der Waals surface area contributed by atoms with E-state index in [4.69, 9.17) is 4.98 Å². The lowest BCUT2D eigenvalue weighted by Gasteiger charge is -2.09. The average Bonchev–Trinajstić information content (AvgIpc) is 3.50. The zero-order chi connectivity index (χ0) is 25.1. The number of para-hydroxylation sites is 2. The van der Waals surface area contributed by atoms with Crippen LogP contribution in [-0.4, -0.2) is 19.1 Å². The molecule has 0 amide bonds. The first-order valence-electron chi connectivity index (χ1n) is 12.8. The van der Waals surface area contributed by atoms with E-state index in [2.05, 4.69) is 117 Å². The van der Waals surface area contributed by atoms with Gasteiger partial charge in [-0.25, -0.2) is 4.98 Å². The molecule has 4 nitrogen and oxygen atoms in total. The Balaban J connectivity index is 1.36. The summed E-state index contributed by atoms with van der Waals surface area (Å²) in [5.41, 5.74) is 9.08. The summed E-state index contributed by atoms with van der Waals surface area (Å²) in [7, 11) is 0. The Kier molecular flexibility index (Phi) is 4.49. The fraction of sp³-hybridized carbons (Fsp3) is 0. The second kappa shape index (κ2) is 8.15. The Bertz CT molecular complexity index is 1960. The summed E-state index contributed by atoms with van der Waals surface area (Å²) >= 11 is 0. The molecule has 0 aliphatic rings. The van der Waals surface area contributed by atoms with Crippen molar-refractivity contribution in [2.75, 3.05) is 0 Å². The van der Waals surface area contributed by atoms with E-state index in [1.165, 1.54) is 27.4 Å². The van der Waals surface area contributed by atoms with E-state index in [9.17, 15) is 0 Å². The normalized spacial score (nSPS) is 11.7. The van der Waals surface area contributed by atoms with Gasteiger partial charge in [0, 0.05) is 51.5 Å². The molecule has 8 aromatic rings. The molecular formula is C34H22N4. The third-order valence-corrected chi connectivity index (χ3v) is 7.45. The van der Waals surface area contributed by atoms with Crippen LogP contribution < -0.4 is 0 Å². The topological polar surface area (TPSA) is 35.6 Å². The Hall–Kier alpha value is -5.22. The highest BCUT2D eigenvalue weighted by Crippen LogP contribution is 2.37. The number of fused-ring (bicyclic) bond motifs is 6. The largest absolute Gasteiger partial charge is 0.309 e. The Labute approximate surface area is 219 Å². The highest BCUT2D eigenvalue weighted by atomic mass is 15.0. The second-order valence-corrected chi connectivity index (χ2v) is 9.57. The molecule has 0 N–H and O–H groups in total. The number of aromatic nitrogens is 4. The van der Waals surface area contributed by atoms with Crippen LogP contribution in [0.1, 0.15) is 0 Å². The van der Waals surface area contributed by atoms with E-state index in [0.717, 1.165) is 38.8 Å². The molecule has 8 rings (SSSR count). The van der Waals surface area contributed by atoms with Gasteiger partial charge >= 0.3 is 0 Å². The number of hydrogen-bond acceptors (Lipinski definition) is 2. The molecule has 0 aliphatic carbocycles. The molecule has 0 atom stereocenters. The molecule has 0 bridgehead atoms. The van der Waals surface area contributed by atoms with Crippen LogP contribution >= 0.6 is 0 Å². The van der Waals surface area contributed by atoms with Gasteiger partial charge in [0.2, 0.25) is 0 Å². The van der Waals surface area contributed by atoms with Crippen molar-refractivity contribution >= 4 is 43.7 Å². The lowest BCUT2D eigenvalue weighted by atomic mass is 10.0. The molecule has 4 heteroatoms. The van der Waals surface area contributed by atoms with Crippen LogP contribution in [0, 0.1) is 0 Å². The van der Waals surface area contributed by atoms with E-state index < -0.39 is 0 Å². The fourth-order valence-electron chi connectivity index (χ4n) is 5.77. The minimum absolute atomic E-state index is 0.971. The quantitative estimate of drug-likeness (QED) is 0.252. The molecule has 0 fully saturated rings. The SMILES string of the molecule is c1ccc(-n2c3ccncc3c3cc(-c4ccc5c(c4)c4cccnc4n5-c4ccccc4)ccc32)cc1. The summed E-state index contributed by atoms with van der Waals surface area (Å²) in [5.74, 6) is 0. The van der Waals surface area contributed by atoms with Crippen molar-refractivity contribution < 1.29 is 0 Å². The zero-order valence-corrected chi connectivity index (χ0v) is 20.5. The van der Waals surface area contributed by atoms with Crippen LogP contribution in [0.3, 0.4) is 0 Å². The molecular weight excluding hydrogens is 464 g/mol. The lowest BCUT2D eigenvalue weighted by Crippen LogP contribution is -1.94. The third kappa shape index (κ3) is 3.04. The lowest BCUT2D eigenvalue weighted by molar-refractivity contribution is 1.14. The first-order chi connectivity index (χ1) is 18.9. The van der Waals surface area contributed by atoms with Gasteiger partial charge in [-0.2, -0.15) is 0 Å². The molecule has 178 valence electrons. The van der Waals surface area contributed by atoms with Crippen LogP contribution in [0.5, 0.6) is 0 Å². The van der Waals surface area contributed by atoms with E-state index in [1.807, 2.05) is 30.7 Å². The van der Waals surface area contributed by atoms with Gasteiger partial charge in [0.05, 0.1) is 16.6 Å². The summed E-state index contributed by atoms with van der Waals surface area (Å²) in [5, 5.41) is 4.70. The van der Waals surface area contributed by atoms with Crippen molar-refractivity contribution in [2.24, 2.45) is 0 Å². The molecule has 0 saturated heterocycles. The van der Waals surface area contributed by atoms with Crippen LogP contribution in [0.25, 0.3) is 66.2 Å². The van der Waals surface area contributed by atoms with Crippen molar-refractivity contribution in [2.45, 2.75) is 0 Å². The van der Waals surface area contributed by atoms with Gasteiger partial charge in [0.1, 0.15) is 5.65 Å². The van der Waals surface area contributed by atoms with E-state index in [-0.39, 0.29) is 0 Å². The number of rotatable bonds is 3. The number of nitrogens with zero attached hydrogens (tertiary/aromatic N) is 4. The molecule has 0 saturated carbocycles. The summed E-state index contributed by atoms with van der Waals surface area (Å²) in [4.78, 5) is 9.21. The molecule has 4 aromatic carbocycles. The minimum Gasteiger partial charge on any atom is -0.309 e. The van der Waals surface area contributed by atoms with Crippen molar-refractivity contribution in [3.8, 4) is 22.5 Å². The smallest absolute Gasteiger partial charge is 0.145 e. The monoisotopic (exact) mass is 486 g/mol. The van der Waals surface area contributed by atoms with E-state index >= 15 is 0 Å². The summed E-state index contributed by atoms with van der Waals surface area (Å²) in [6, 6.07) is 40.7. The van der Waals surface area contributed by atoms with E-state index in [0.29, 0.717) is 0 Å². The highest BCUT2D eigenvalue weighted by molar-refractivity contribution is 6.11. The minimum atomic E-state index is 0.971. The van der Waals surface area contributed by atoms with Crippen molar-refractivity contribution in [1.82, 2.24) is 19.1 Å². The van der Waals surface area contributed by atoms with Gasteiger partial charge in [-0.1, -0.05) is 48.5 Å². The van der Waals surface area contributed by atoms with Crippen LogP contribution in [0.15, 0.2) is 134 Å². The summed E-state index contributed by atoms with van der Waals surface area (Å²) in [6.07, 6.45) is 5.71. The molecule has 0 radical (unpaired) electrons. The molecule has 0 spiro atoms. The maximum absolute atomic E-state index is 4.76. The zero-order valence-electron chi connectivity index (χ0n) is 20.5. The van der Waals surface area contributed by atoms with Gasteiger partial charge in [-0.3, -0.25) is 9.55 Å².